The third kappa shape index (κ3) is 3.84. The summed E-state index contributed by atoms with van der Waals surface area (Å²) in [5.41, 5.74) is 11.1. The Morgan fingerprint density at radius 3 is 2.39 bits per heavy atom. The fourth-order valence-corrected chi connectivity index (χ4v) is 2.20. The second-order valence-electron chi connectivity index (χ2n) is 5.29. The number of aliphatic hydroxyl groups is 4. The first kappa shape index (κ1) is 19.9. The molecule has 0 amide bonds. The van der Waals surface area contributed by atoms with Gasteiger partial charge in [-0.25, -0.2) is 4.79 Å². The van der Waals surface area contributed by atoms with Gasteiger partial charge in [-0.15, -0.1) is 0 Å². The summed E-state index contributed by atoms with van der Waals surface area (Å²) >= 11 is 0. The molecule has 0 radical (unpaired) electrons. The molecular formula is C12H22N2O9. The maximum Gasteiger partial charge on any atom is 0.332 e. The molecule has 0 aromatic heterocycles. The van der Waals surface area contributed by atoms with Gasteiger partial charge in [-0.3, -0.25) is 4.79 Å². The monoisotopic (exact) mass is 338 g/mol. The van der Waals surface area contributed by atoms with E-state index in [9.17, 15) is 24.9 Å². The molecule has 1 rings (SSSR count). The zero-order chi connectivity index (χ0) is 17.9. The van der Waals surface area contributed by atoms with Crippen LogP contribution >= 0.6 is 0 Å². The number of nitrogens with two attached hydrogens (primary N) is 2. The molecule has 1 saturated heterocycles. The average molecular weight is 338 g/mol. The number of ether oxygens (including phenoxy) is 2. The maximum absolute atomic E-state index is 12.1. The van der Waals surface area contributed by atoms with Crippen molar-refractivity contribution in [1.82, 2.24) is 0 Å². The predicted molar refractivity (Wildman–Crippen MR) is 72.9 cm³/mol. The molecule has 11 nitrogen and oxygen atoms in total. The Kier molecular flexibility index (Phi) is 6.56. The van der Waals surface area contributed by atoms with Crippen LogP contribution in [0.1, 0.15) is 6.92 Å². The van der Waals surface area contributed by atoms with Gasteiger partial charge in [-0.1, -0.05) is 0 Å². The summed E-state index contributed by atoms with van der Waals surface area (Å²) in [7, 11) is 0. The minimum Gasteiger partial charge on any atom is -0.479 e. The molecule has 23 heavy (non-hydrogen) atoms. The summed E-state index contributed by atoms with van der Waals surface area (Å²) in [6.45, 7) is -0.453. The standard InChI is InChI=1S/C12H22N2O9/c1-4(11(19)20)22-8-7(17)6(3-16)23-12(21,9(8)14)10(18)5(13)2-15/h4-9,15-17,21H,2-3,13-14H2,1H3,(H,19,20)/t4-,5+,6-,7-,8+,9-,12?/m1/s1. The van der Waals surface area contributed by atoms with Crippen molar-refractivity contribution in [2.75, 3.05) is 13.2 Å². The quantitative estimate of drug-likeness (QED) is 0.235. The highest BCUT2D eigenvalue weighted by Gasteiger charge is 2.58. The maximum atomic E-state index is 12.1. The Balaban J connectivity index is 3.14. The summed E-state index contributed by atoms with van der Waals surface area (Å²) in [6, 6.07) is -3.23. The molecule has 1 aliphatic heterocycles. The summed E-state index contributed by atoms with van der Waals surface area (Å²) in [6.07, 6.45) is -6.02. The SMILES string of the molecule is C[C@@H](O[C@H]1[C@H](O)[C@@H](CO)OC(O)(C(=O)[C@@H](N)CO)[C@@H]1N)C(=O)O. The lowest BCUT2D eigenvalue weighted by molar-refractivity contribution is -0.306. The van der Waals surface area contributed by atoms with Crippen molar-refractivity contribution < 1.29 is 44.6 Å². The number of aliphatic carboxylic acids is 1. The van der Waals surface area contributed by atoms with E-state index in [1.54, 1.807) is 0 Å². The van der Waals surface area contributed by atoms with E-state index in [2.05, 4.69) is 0 Å². The van der Waals surface area contributed by atoms with Gasteiger partial charge in [0.15, 0.2) is 6.10 Å². The molecule has 134 valence electrons. The molecule has 7 atom stereocenters. The van der Waals surface area contributed by atoms with Gasteiger partial charge in [-0.05, 0) is 6.92 Å². The van der Waals surface area contributed by atoms with Crippen LogP contribution in [-0.2, 0) is 19.1 Å². The van der Waals surface area contributed by atoms with Crippen LogP contribution in [0.5, 0.6) is 0 Å². The van der Waals surface area contributed by atoms with Crippen molar-refractivity contribution in [1.29, 1.82) is 0 Å². The van der Waals surface area contributed by atoms with Gasteiger partial charge in [0.25, 0.3) is 0 Å². The summed E-state index contributed by atoms with van der Waals surface area (Å²) < 4.78 is 10.1. The molecule has 0 bridgehead atoms. The lowest BCUT2D eigenvalue weighted by Gasteiger charge is -2.47. The van der Waals surface area contributed by atoms with E-state index in [0.717, 1.165) is 6.92 Å². The third-order valence-corrected chi connectivity index (χ3v) is 3.63. The second kappa shape index (κ2) is 7.59. The first-order valence-corrected chi connectivity index (χ1v) is 6.83. The number of hydrogen-bond donors (Lipinski definition) is 7. The highest BCUT2D eigenvalue weighted by atomic mass is 16.7. The van der Waals surface area contributed by atoms with Crippen LogP contribution in [0.25, 0.3) is 0 Å². The van der Waals surface area contributed by atoms with Crippen LogP contribution in [0, 0.1) is 0 Å². The van der Waals surface area contributed by atoms with E-state index in [1.807, 2.05) is 0 Å². The number of carbonyl (C=O) groups excluding carboxylic acids is 1. The normalized spacial score (nSPS) is 37.2. The van der Waals surface area contributed by atoms with Crippen LogP contribution in [0.4, 0.5) is 0 Å². The van der Waals surface area contributed by atoms with Gasteiger partial charge in [0.2, 0.25) is 11.6 Å². The van der Waals surface area contributed by atoms with Crippen LogP contribution in [0.3, 0.4) is 0 Å². The number of carboxylic acid groups (broad SMARTS) is 1. The van der Waals surface area contributed by atoms with Gasteiger partial charge < -0.3 is 46.5 Å². The van der Waals surface area contributed by atoms with E-state index in [0.29, 0.717) is 0 Å². The van der Waals surface area contributed by atoms with Gasteiger partial charge in [-0.2, -0.15) is 0 Å². The van der Waals surface area contributed by atoms with Crippen LogP contribution in [-0.4, -0.2) is 92.8 Å². The molecule has 0 aliphatic carbocycles. The lowest BCUT2D eigenvalue weighted by atomic mass is 9.86. The van der Waals surface area contributed by atoms with Crippen LogP contribution in [0.15, 0.2) is 0 Å². The number of rotatable bonds is 7. The Morgan fingerprint density at radius 2 is 1.96 bits per heavy atom. The van der Waals surface area contributed by atoms with Gasteiger partial charge in [0.05, 0.1) is 25.3 Å². The second-order valence-corrected chi connectivity index (χ2v) is 5.29. The van der Waals surface area contributed by atoms with Crippen molar-refractivity contribution in [3.8, 4) is 0 Å². The molecule has 9 N–H and O–H groups in total. The largest absolute Gasteiger partial charge is 0.479 e. The smallest absolute Gasteiger partial charge is 0.332 e. The van der Waals surface area contributed by atoms with E-state index in [1.165, 1.54) is 0 Å². The highest BCUT2D eigenvalue weighted by molar-refractivity contribution is 5.91. The molecular weight excluding hydrogens is 316 g/mol. The van der Waals surface area contributed by atoms with E-state index >= 15 is 0 Å². The lowest BCUT2D eigenvalue weighted by Crippen LogP contribution is -2.74. The third-order valence-electron chi connectivity index (χ3n) is 3.63. The molecule has 1 fully saturated rings. The molecule has 11 heteroatoms. The van der Waals surface area contributed by atoms with E-state index < -0.39 is 67.3 Å². The zero-order valence-corrected chi connectivity index (χ0v) is 12.4. The topological polar surface area (TPSA) is 206 Å². The Labute approximate surface area is 131 Å². The van der Waals surface area contributed by atoms with Gasteiger partial charge in [0, 0.05) is 0 Å². The molecule has 1 unspecified atom stereocenters. The molecule has 0 spiro atoms. The van der Waals surface area contributed by atoms with Crippen molar-refractivity contribution in [3.05, 3.63) is 0 Å². The van der Waals surface area contributed by atoms with E-state index in [4.69, 9.17) is 31.2 Å². The Bertz CT molecular complexity index is 448. The van der Waals surface area contributed by atoms with Crippen LogP contribution in [0.2, 0.25) is 0 Å². The molecule has 1 aliphatic rings. The predicted octanol–water partition coefficient (Wildman–Crippen LogP) is -4.50. The number of Topliss-reactive ketones (excluding diaryl/α,β-unsaturated/α-hetero) is 1. The van der Waals surface area contributed by atoms with Gasteiger partial charge >= 0.3 is 5.97 Å². The first-order chi connectivity index (χ1) is 10.6. The molecule has 0 saturated carbocycles. The van der Waals surface area contributed by atoms with Crippen molar-refractivity contribution in [2.24, 2.45) is 11.5 Å². The minimum atomic E-state index is -2.77. The Morgan fingerprint density at radius 1 is 1.39 bits per heavy atom. The van der Waals surface area contributed by atoms with Crippen molar-refractivity contribution in [3.63, 3.8) is 0 Å². The zero-order valence-electron chi connectivity index (χ0n) is 12.4. The van der Waals surface area contributed by atoms with Gasteiger partial charge in [0.1, 0.15) is 18.3 Å². The average Bonchev–Trinajstić information content (AvgIpc) is 2.52. The number of carbonyl (C=O) groups is 2. The van der Waals surface area contributed by atoms with Crippen molar-refractivity contribution in [2.45, 2.75) is 49.2 Å². The van der Waals surface area contributed by atoms with Crippen molar-refractivity contribution >= 4 is 11.8 Å². The Hall–Kier alpha value is -1.18. The number of carboxylic acids is 1. The minimum absolute atomic E-state index is 0.805. The molecule has 0 aromatic rings. The number of aliphatic hydroxyl groups excluding tert-OH is 3. The van der Waals surface area contributed by atoms with Crippen LogP contribution < -0.4 is 11.5 Å². The molecule has 1 heterocycles. The highest BCUT2D eigenvalue weighted by Crippen LogP contribution is 2.30. The number of hydrogen-bond acceptors (Lipinski definition) is 10. The fraction of sp³-hybridized carbons (Fsp3) is 0.833. The fourth-order valence-electron chi connectivity index (χ4n) is 2.20. The first-order valence-electron chi connectivity index (χ1n) is 6.83. The summed E-state index contributed by atoms with van der Waals surface area (Å²) in [5, 5.41) is 47.5. The number of ketones is 1. The summed E-state index contributed by atoms with van der Waals surface area (Å²) in [4.78, 5) is 23.0. The summed E-state index contributed by atoms with van der Waals surface area (Å²) in [5.74, 6) is -5.31. The molecule has 0 aromatic carbocycles. The van der Waals surface area contributed by atoms with E-state index in [-0.39, 0.29) is 0 Å².